The molecule has 8 nitrogen and oxygen atoms in total. The molecule has 10 unspecified atom stereocenters. The van der Waals surface area contributed by atoms with E-state index in [0.29, 0.717) is 23.7 Å². The number of hydrogen-bond acceptors (Lipinski definition) is 6. The van der Waals surface area contributed by atoms with E-state index in [0.717, 1.165) is 104 Å². The minimum Gasteiger partial charge on any atom is -0.366 e. The topological polar surface area (TPSA) is 106 Å². The third kappa shape index (κ3) is 7.54. The molecule has 0 spiro atoms. The van der Waals surface area contributed by atoms with Crippen LogP contribution in [-0.2, 0) is 29.9 Å². The second kappa shape index (κ2) is 14.4. The normalized spacial score (nSPS) is 32.3. The van der Waals surface area contributed by atoms with Crippen molar-refractivity contribution in [1.29, 1.82) is 0 Å². The summed E-state index contributed by atoms with van der Waals surface area (Å²) in [5, 5.41) is 0. The Labute approximate surface area is 353 Å². The van der Waals surface area contributed by atoms with Gasteiger partial charge in [-0.15, -0.1) is 0 Å². The SMILES string of the molecule is CC(C)(C)C1CCc2c(c3nc4nc(nc5[n-]c(nc6nc(nc2[n-]3)C2CC(C(C)(C)C)CCC62)C2CC(C(C)(C)C)CCC52)C2CC(C(C)(C)C)CCC42)C1.[Cu+2]. The standard InChI is InChI=1S/C48H70N8.Cu/c1-45(2,3)25-13-17-29-33(21-25)41-49-37(29)54-42-35-23-27(47(7,8)9)15-19-31(35)39(51-42)56-44-36-24-28(48(10,11)12)16-20-32(36)40(52-44)55-43-34-22-26(46(4,5)6)14-18-30(34)38(50-43)53-41;/h25-31,33-35H,13-24H2,1-12H3;/q-2;+2. The van der Waals surface area contributed by atoms with Crippen molar-refractivity contribution in [3.8, 4) is 0 Å². The van der Waals surface area contributed by atoms with Crippen LogP contribution in [0.15, 0.2) is 0 Å². The summed E-state index contributed by atoms with van der Waals surface area (Å²) in [7, 11) is 0. The van der Waals surface area contributed by atoms with E-state index < -0.39 is 0 Å². The molecule has 313 valence electrons. The molecule has 9 heteroatoms. The van der Waals surface area contributed by atoms with Gasteiger partial charge in [-0.2, -0.15) is 0 Å². The molecule has 3 aliphatic heterocycles. The Bertz CT molecular complexity index is 2050. The van der Waals surface area contributed by atoms with Gasteiger partial charge in [-0.3, -0.25) is 9.97 Å². The Kier molecular flexibility index (Phi) is 10.4. The molecule has 2 aromatic rings. The van der Waals surface area contributed by atoms with Crippen LogP contribution >= 0.6 is 0 Å². The summed E-state index contributed by atoms with van der Waals surface area (Å²) < 4.78 is 0. The molecule has 3 saturated carbocycles. The molecule has 7 aliphatic rings. The van der Waals surface area contributed by atoms with Gasteiger partial charge in [0.15, 0.2) is 0 Å². The van der Waals surface area contributed by atoms with Gasteiger partial charge in [-0.1, -0.05) is 83.1 Å². The van der Waals surface area contributed by atoms with Crippen molar-refractivity contribution in [3.05, 3.63) is 46.1 Å². The van der Waals surface area contributed by atoms with Gasteiger partial charge in [0.25, 0.3) is 0 Å². The van der Waals surface area contributed by atoms with Crippen LogP contribution in [0.3, 0.4) is 0 Å². The molecule has 57 heavy (non-hydrogen) atoms. The Morgan fingerprint density at radius 2 is 0.789 bits per heavy atom. The molecule has 0 amide bonds. The van der Waals surface area contributed by atoms with Gasteiger partial charge in [-0.05, 0) is 157 Å². The molecule has 8 bridgehead atoms. The first kappa shape index (κ1) is 41.4. The largest absolute Gasteiger partial charge is 2.00 e. The maximum absolute atomic E-state index is 5.58. The van der Waals surface area contributed by atoms with Crippen molar-refractivity contribution in [2.75, 3.05) is 0 Å². The van der Waals surface area contributed by atoms with Gasteiger partial charge in [0.2, 0.25) is 0 Å². The Balaban J connectivity index is 0.00000455. The van der Waals surface area contributed by atoms with Gasteiger partial charge in [0.1, 0.15) is 0 Å². The van der Waals surface area contributed by atoms with E-state index in [2.05, 4.69) is 83.1 Å². The van der Waals surface area contributed by atoms with Gasteiger partial charge in [-0.25, -0.2) is 0 Å². The molecule has 10 atom stereocenters. The van der Waals surface area contributed by atoms with Gasteiger partial charge >= 0.3 is 17.1 Å². The van der Waals surface area contributed by atoms with Crippen molar-refractivity contribution < 1.29 is 17.1 Å². The quantitative estimate of drug-likeness (QED) is 0.242. The zero-order chi connectivity index (χ0) is 39.7. The minimum absolute atomic E-state index is 0. The number of aryl methyl sites for hydroxylation is 1. The summed E-state index contributed by atoms with van der Waals surface area (Å²) in [6.07, 6.45) is 13.3. The molecule has 0 N–H and O–H groups in total. The molecule has 0 saturated heterocycles. The number of nitrogens with zero attached hydrogens (tertiary/aromatic N) is 8. The van der Waals surface area contributed by atoms with Crippen LogP contribution < -0.4 is 9.97 Å². The van der Waals surface area contributed by atoms with Crippen LogP contribution in [0.25, 0.3) is 11.3 Å². The Morgan fingerprint density at radius 3 is 1.30 bits per heavy atom. The molecule has 9 rings (SSSR count). The van der Waals surface area contributed by atoms with Gasteiger partial charge in [0.05, 0.1) is 23.3 Å². The van der Waals surface area contributed by atoms with E-state index in [4.69, 9.17) is 39.9 Å². The summed E-state index contributed by atoms with van der Waals surface area (Å²) in [5.74, 6) is 9.69. The average molecular weight is 823 g/mol. The first-order valence-electron chi connectivity index (χ1n) is 22.6. The van der Waals surface area contributed by atoms with E-state index in [9.17, 15) is 0 Å². The van der Waals surface area contributed by atoms with Gasteiger partial charge < -0.3 is 29.9 Å². The van der Waals surface area contributed by atoms with Crippen molar-refractivity contribution in [3.63, 3.8) is 0 Å². The van der Waals surface area contributed by atoms with E-state index in [1.165, 1.54) is 30.4 Å². The molecule has 0 aromatic carbocycles. The first-order valence-corrected chi connectivity index (χ1v) is 22.6. The summed E-state index contributed by atoms with van der Waals surface area (Å²) in [5.41, 5.74) is 5.20. The minimum atomic E-state index is 0. The summed E-state index contributed by atoms with van der Waals surface area (Å²) in [4.78, 5) is 44.0. The maximum Gasteiger partial charge on any atom is 2.00 e. The van der Waals surface area contributed by atoms with Crippen molar-refractivity contribution in [1.82, 2.24) is 39.9 Å². The number of hydrogen-bond donors (Lipinski definition) is 0. The van der Waals surface area contributed by atoms with E-state index in [1.807, 2.05) is 0 Å². The Hall–Kier alpha value is -2.38. The second-order valence-corrected chi connectivity index (χ2v) is 23.7. The monoisotopic (exact) mass is 822 g/mol. The molecule has 1 radical (unpaired) electrons. The predicted molar refractivity (Wildman–Crippen MR) is 223 cm³/mol. The predicted octanol–water partition coefficient (Wildman–Crippen LogP) is 11.2. The smallest absolute Gasteiger partial charge is 0.366 e. The molecule has 5 heterocycles. The van der Waals surface area contributed by atoms with E-state index in [-0.39, 0.29) is 74.2 Å². The van der Waals surface area contributed by atoms with Crippen LogP contribution in [0.1, 0.15) is 229 Å². The fourth-order valence-electron chi connectivity index (χ4n) is 12.2. The van der Waals surface area contributed by atoms with Gasteiger partial charge in [0, 0.05) is 35.0 Å². The van der Waals surface area contributed by atoms with Crippen LogP contribution in [0, 0.1) is 45.3 Å². The van der Waals surface area contributed by atoms with Crippen LogP contribution in [0.2, 0.25) is 0 Å². The van der Waals surface area contributed by atoms with Crippen LogP contribution in [0.4, 0.5) is 0 Å². The fraction of sp³-hybridized carbons (Fsp3) is 0.792. The molecular formula is C48H70CuN8. The fourth-order valence-corrected chi connectivity index (χ4v) is 12.2. The maximum atomic E-state index is 5.58. The molecule has 2 aromatic heterocycles. The first-order chi connectivity index (χ1) is 26.2. The second-order valence-electron chi connectivity index (χ2n) is 23.7. The Morgan fingerprint density at radius 1 is 0.386 bits per heavy atom. The summed E-state index contributed by atoms with van der Waals surface area (Å²) in [6, 6.07) is 0. The van der Waals surface area contributed by atoms with Crippen LogP contribution in [0.5, 0.6) is 0 Å². The van der Waals surface area contributed by atoms with E-state index >= 15 is 0 Å². The zero-order valence-electron chi connectivity index (χ0n) is 37.1. The van der Waals surface area contributed by atoms with Crippen molar-refractivity contribution >= 4 is 11.3 Å². The van der Waals surface area contributed by atoms with E-state index in [1.54, 1.807) is 0 Å². The van der Waals surface area contributed by atoms with Crippen molar-refractivity contribution in [2.24, 2.45) is 45.3 Å². The third-order valence-corrected chi connectivity index (χ3v) is 16.3. The molecular weight excluding hydrogens is 752 g/mol. The zero-order valence-corrected chi connectivity index (χ0v) is 38.1. The van der Waals surface area contributed by atoms with Crippen LogP contribution in [-0.4, -0.2) is 29.9 Å². The third-order valence-electron chi connectivity index (χ3n) is 16.3. The van der Waals surface area contributed by atoms with Crippen molar-refractivity contribution in [2.45, 2.75) is 196 Å². The summed E-state index contributed by atoms with van der Waals surface area (Å²) in [6.45, 7) is 28.8. The number of aromatic nitrogens is 8. The molecule has 3 fully saturated rings. The number of rotatable bonds is 0. The summed E-state index contributed by atoms with van der Waals surface area (Å²) >= 11 is 0. The number of fused-ring (bicyclic) bond motifs is 20. The molecule has 4 aliphatic carbocycles. The average Bonchev–Trinajstić information content (AvgIpc) is 3.84.